The molecule has 9 rings (SSSR count). The van der Waals surface area contributed by atoms with Crippen molar-refractivity contribution in [1.82, 2.24) is 40.4 Å². The van der Waals surface area contributed by atoms with E-state index in [9.17, 15) is 24.6 Å². The number of anilines is 1. The van der Waals surface area contributed by atoms with Crippen LogP contribution in [0.5, 0.6) is 5.75 Å². The molecule has 0 aliphatic carbocycles. The van der Waals surface area contributed by atoms with Gasteiger partial charge in [0.15, 0.2) is 17.2 Å². The molecule has 0 spiro atoms. The van der Waals surface area contributed by atoms with Crippen molar-refractivity contribution in [3.63, 3.8) is 0 Å². The molecule has 16 heteroatoms. The van der Waals surface area contributed by atoms with Crippen molar-refractivity contribution in [3.8, 4) is 27.4 Å². The summed E-state index contributed by atoms with van der Waals surface area (Å²) in [5.41, 5.74) is 6.98. The monoisotopic (exact) mass is 871 g/mol. The standard InChI is InChI=1S/C47H53N9O6S/c1-26(2)41(46(61)56-24-32(57)18-37(56)44(59)50-47(4,5)31-12-10-28(11-13-31)42-27(3)49-25-63-42)39-20-40(53-62-39)54-16-14-29(15-17-54)45(60)55-22-30(23-55)35-21-48-43-34(35)19-36(51-52-43)33-8-6-7-9-38(33)58/h6-13,19-21,25-26,29-30,32,37,41,57-58H,14-18,22-24H2,1-5H3,(H,48,52)(H,50,59)/t32-,37+,41+/m1/s1. The molecule has 328 valence electrons. The molecule has 63 heavy (non-hydrogen) atoms. The minimum Gasteiger partial charge on any atom is -0.507 e. The molecular weight excluding hydrogens is 819 g/mol. The number of thiazole rings is 1. The molecule has 3 aliphatic rings. The molecule has 3 saturated heterocycles. The number of amides is 3. The van der Waals surface area contributed by atoms with Crippen LogP contribution in [0, 0.1) is 18.8 Å². The third kappa shape index (κ3) is 8.17. The normalized spacial score (nSPS) is 19.2. The predicted octanol–water partition coefficient (Wildman–Crippen LogP) is 6.35. The second kappa shape index (κ2) is 16.9. The number of nitrogens with zero attached hydrogens (tertiary/aromatic N) is 7. The zero-order valence-electron chi connectivity index (χ0n) is 36.1. The molecule has 15 nitrogen and oxygen atoms in total. The van der Waals surface area contributed by atoms with Crippen molar-refractivity contribution in [1.29, 1.82) is 0 Å². The largest absolute Gasteiger partial charge is 0.507 e. The van der Waals surface area contributed by atoms with Gasteiger partial charge in [-0.15, -0.1) is 21.5 Å². The number of hydrogen-bond acceptors (Lipinski definition) is 12. The highest BCUT2D eigenvalue weighted by Crippen LogP contribution is 2.38. The number of para-hydroxylation sites is 1. The number of aromatic nitrogens is 5. The lowest BCUT2D eigenvalue weighted by Gasteiger charge is -2.42. The van der Waals surface area contributed by atoms with Crippen molar-refractivity contribution >= 4 is 45.9 Å². The highest BCUT2D eigenvalue weighted by Gasteiger charge is 2.45. The first-order chi connectivity index (χ1) is 30.3. The third-order valence-corrected chi connectivity index (χ3v) is 14.1. The average Bonchev–Trinajstić information content (AvgIpc) is 4.08. The summed E-state index contributed by atoms with van der Waals surface area (Å²) in [6, 6.07) is 18.0. The second-order valence-corrected chi connectivity index (χ2v) is 19.0. The van der Waals surface area contributed by atoms with Gasteiger partial charge in [0, 0.05) is 74.2 Å². The molecule has 3 amide bonds. The van der Waals surface area contributed by atoms with Crippen molar-refractivity contribution in [2.45, 2.75) is 83.4 Å². The minimum absolute atomic E-state index is 0.0425. The number of carbonyl (C=O) groups is 3. The van der Waals surface area contributed by atoms with E-state index < -0.39 is 23.6 Å². The Morgan fingerprint density at radius 3 is 2.44 bits per heavy atom. The molecular formula is C47H53N9O6S. The fraction of sp³-hybridized carbons (Fsp3) is 0.426. The van der Waals surface area contributed by atoms with Crippen molar-refractivity contribution in [3.05, 3.63) is 95.0 Å². The van der Waals surface area contributed by atoms with E-state index in [1.54, 1.807) is 23.5 Å². The molecule has 4 N–H and O–H groups in total. The van der Waals surface area contributed by atoms with Gasteiger partial charge in [-0.2, -0.15) is 0 Å². The first-order valence-electron chi connectivity index (χ1n) is 21.7. The lowest BCUT2D eigenvalue weighted by Crippen LogP contribution is -2.52. The van der Waals surface area contributed by atoms with Gasteiger partial charge in [0.1, 0.15) is 17.7 Å². The molecule has 0 bridgehead atoms. The topological polar surface area (TPSA) is 194 Å². The van der Waals surface area contributed by atoms with Crippen LogP contribution in [0.3, 0.4) is 0 Å². The first-order valence-corrected chi connectivity index (χ1v) is 22.6. The highest BCUT2D eigenvalue weighted by atomic mass is 32.1. The number of aliphatic hydroxyl groups excluding tert-OH is 1. The summed E-state index contributed by atoms with van der Waals surface area (Å²) in [6.45, 7) is 12.2. The predicted molar refractivity (Wildman–Crippen MR) is 239 cm³/mol. The lowest BCUT2D eigenvalue weighted by molar-refractivity contribution is -0.141. The number of H-pyrrole nitrogens is 1. The van der Waals surface area contributed by atoms with E-state index in [0.29, 0.717) is 67.5 Å². The molecule has 3 fully saturated rings. The van der Waals surface area contributed by atoms with E-state index in [1.165, 1.54) is 4.90 Å². The number of β-amino-alcohol motifs (C(OH)–C–C–N with tert-alkyl or cyclic N) is 1. The number of carbonyl (C=O) groups excluding carboxylic acids is 3. The molecule has 0 radical (unpaired) electrons. The van der Waals surface area contributed by atoms with E-state index in [-0.39, 0.29) is 54.2 Å². The van der Waals surface area contributed by atoms with Gasteiger partial charge in [-0.25, -0.2) is 4.98 Å². The maximum atomic E-state index is 14.4. The highest BCUT2D eigenvalue weighted by molar-refractivity contribution is 7.13. The molecule has 7 heterocycles. The summed E-state index contributed by atoms with van der Waals surface area (Å²) in [6.07, 6.45) is 2.56. The summed E-state index contributed by atoms with van der Waals surface area (Å²) in [7, 11) is 0. The van der Waals surface area contributed by atoms with Crippen LogP contribution >= 0.6 is 11.3 Å². The van der Waals surface area contributed by atoms with Crippen LogP contribution in [-0.2, 0) is 19.9 Å². The van der Waals surface area contributed by atoms with Crippen LogP contribution in [0.1, 0.15) is 81.4 Å². The van der Waals surface area contributed by atoms with Gasteiger partial charge in [0.25, 0.3) is 0 Å². The molecule has 3 aliphatic heterocycles. The number of aliphatic hydroxyl groups is 1. The van der Waals surface area contributed by atoms with Gasteiger partial charge in [-0.1, -0.05) is 55.4 Å². The minimum atomic E-state index is -0.854. The quantitative estimate of drug-likeness (QED) is 0.113. The van der Waals surface area contributed by atoms with Crippen LogP contribution in [0.4, 0.5) is 5.82 Å². The van der Waals surface area contributed by atoms with E-state index in [4.69, 9.17) is 4.52 Å². The first kappa shape index (κ1) is 42.2. The fourth-order valence-electron chi connectivity index (χ4n) is 9.45. The van der Waals surface area contributed by atoms with Crippen LogP contribution in [0.25, 0.3) is 32.7 Å². The Morgan fingerprint density at radius 1 is 1.00 bits per heavy atom. The molecule has 0 saturated carbocycles. The number of nitrogens with one attached hydrogen (secondary N) is 2. The molecule has 4 aromatic heterocycles. The number of fused-ring (bicyclic) bond motifs is 1. The Bertz CT molecular complexity index is 2640. The number of likely N-dealkylation sites (tertiary alicyclic amines) is 2. The maximum absolute atomic E-state index is 14.4. The number of hydrogen-bond donors (Lipinski definition) is 4. The van der Waals surface area contributed by atoms with Crippen molar-refractivity contribution < 1.29 is 29.1 Å². The van der Waals surface area contributed by atoms with Gasteiger partial charge in [0.2, 0.25) is 17.7 Å². The number of aryl methyl sites for hydroxylation is 1. The van der Waals surface area contributed by atoms with Gasteiger partial charge in [0.05, 0.1) is 33.4 Å². The zero-order chi connectivity index (χ0) is 44.2. The number of piperidine rings is 1. The van der Waals surface area contributed by atoms with E-state index in [2.05, 4.69) is 35.5 Å². The van der Waals surface area contributed by atoms with Gasteiger partial charge < -0.3 is 39.7 Å². The number of rotatable bonds is 11. The second-order valence-electron chi connectivity index (χ2n) is 18.1. The van der Waals surface area contributed by atoms with Crippen molar-refractivity contribution in [2.24, 2.45) is 11.8 Å². The van der Waals surface area contributed by atoms with Crippen LogP contribution in [-0.4, -0.2) is 108 Å². The van der Waals surface area contributed by atoms with Crippen molar-refractivity contribution in [2.75, 3.05) is 37.6 Å². The summed E-state index contributed by atoms with van der Waals surface area (Å²) in [5.74, 6) is -0.154. The van der Waals surface area contributed by atoms with Crippen LogP contribution < -0.4 is 10.2 Å². The Morgan fingerprint density at radius 2 is 1.75 bits per heavy atom. The van der Waals surface area contributed by atoms with E-state index >= 15 is 0 Å². The number of benzene rings is 2. The number of aromatic hydroxyl groups is 1. The molecule has 0 unspecified atom stereocenters. The van der Waals surface area contributed by atoms with Gasteiger partial charge in [-0.3, -0.25) is 14.4 Å². The number of aromatic amines is 1. The van der Waals surface area contributed by atoms with Crippen LogP contribution in [0.15, 0.2) is 76.9 Å². The average molecular weight is 872 g/mol. The smallest absolute Gasteiger partial charge is 0.243 e. The van der Waals surface area contributed by atoms with E-state index in [0.717, 1.165) is 32.6 Å². The van der Waals surface area contributed by atoms with E-state index in [1.807, 2.05) is 99.8 Å². The Balaban J connectivity index is 0.803. The van der Waals surface area contributed by atoms with Gasteiger partial charge >= 0.3 is 0 Å². The number of phenolic OH excluding ortho intramolecular Hbond substituents is 1. The SMILES string of the molecule is Cc1ncsc1-c1ccc(C(C)(C)NC(=O)[C@@H]2C[C@@H](O)CN2C(=O)[C@H](c2cc(N3CCC(C(=O)N4CC(c5c[nH]c6nnc(-c7ccccc7O)cc56)C4)CC3)no2)C(C)C)cc1. The molecule has 3 atom stereocenters. The summed E-state index contributed by atoms with van der Waals surface area (Å²) in [5, 5.41) is 38.3. The van der Waals surface area contributed by atoms with Gasteiger partial charge in [-0.05, 0) is 74.4 Å². The molecule has 2 aromatic carbocycles. The number of phenols is 1. The lowest BCUT2D eigenvalue weighted by atomic mass is 9.88. The zero-order valence-corrected chi connectivity index (χ0v) is 36.9. The fourth-order valence-corrected chi connectivity index (χ4v) is 10.3. The van der Waals surface area contributed by atoms with Crippen LogP contribution in [0.2, 0.25) is 0 Å². The molecule has 6 aromatic rings. The Hall–Kier alpha value is -6.13. The Kier molecular flexibility index (Phi) is 11.3. The third-order valence-electron chi connectivity index (χ3n) is 13.1. The maximum Gasteiger partial charge on any atom is 0.243 e. The summed E-state index contributed by atoms with van der Waals surface area (Å²) < 4.78 is 5.88. The summed E-state index contributed by atoms with van der Waals surface area (Å²) >= 11 is 1.59. The Labute approximate surface area is 369 Å². The summed E-state index contributed by atoms with van der Waals surface area (Å²) in [4.78, 5) is 56.2.